The molecule has 0 heterocycles. The van der Waals surface area contributed by atoms with Crippen LogP contribution in [0.5, 0.6) is 0 Å². The standard InChI is InChI=1S/C10H21NO2/c1-6-7(2)8(3)13-9(12)10(4,5)11/h7-8H,6,11H2,1-5H3. The Morgan fingerprint density at radius 3 is 2.23 bits per heavy atom. The Hall–Kier alpha value is -0.570. The van der Waals surface area contributed by atoms with Crippen molar-refractivity contribution in [2.24, 2.45) is 11.7 Å². The highest BCUT2D eigenvalue weighted by Gasteiger charge is 2.26. The summed E-state index contributed by atoms with van der Waals surface area (Å²) in [5.74, 6) is 0.0478. The van der Waals surface area contributed by atoms with Crippen molar-refractivity contribution in [3.8, 4) is 0 Å². The third-order valence-corrected chi connectivity index (χ3v) is 2.26. The van der Waals surface area contributed by atoms with Crippen LogP contribution in [0, 0.1) is 5.92 Å². The molecule has 0 saturated carbocycles. The highest BCUT2D eigenvalue weighted by atomic mass is 16.5. The fourth-order valence-electron chi connectivity index (χ4n) is 0.769. The van der Waals surface area contributed by atoms with Crippen LogP contribution in [0.15, 0.2) is 0 Å². The minimum absolute atomic E-state index is 0.0553. The maximum Gasteiger partial charge on any atom is 0.325 e. The highest BCUT2D eigenvalue weighted by Crippen LogP contribution is 2.13. The van der Waals surface area contributed by atoms with E-state index in [9.17, 15) is 4.79 Å². The molecule has 0 spiro atoms. The van der Waals surface area contributed by atoms with Crippen molar-refractivity contribution in [1.82, 2.24) is 0 Å². The quantitative estimate of drug-likeness (QED) is 0.681. The van der Waals surface area contributed by atoms with Crippen molar-refractivity contribution in [1.29, 1.82) is 0 Å². The first-order valence-electron chi connectivity index (χ1n) is 4.79. The molecule has 2 unspecified atom stereocenters. The Kier molecular flexibility index (Phi) is 4.40. The predicted octanol–water partition coefficient (Wildman–Crippen LogP) is 1.70. The van der Waals surface area contributed by atoms with Gasteiger partial charge in [0.15, 0.2) is 0 Å². The lowest BCUT2D eigenvalue weighted by Gasteiger charge is -2.24. The highest BCUT2D eigenvalue weighted by molar-refractivity contribution is 5.79. The molecule has 78 valence electrons. The molecule has 0 aliphatic heterocycles. The number of hydrogen-bond donors (Lipinski definition) is 1. The van der Waals surface area contributed by atoms with E-state index in [1.807, 2.05) is 6.92 Å². The van der Waals surface area contributed by atoms with Crippen LogP contribution in [-0.4, -0.2) is 17.6 Å². The molecular formula is C10H21NO2. The molecule has 0 aromatic heterocycles. The van der Waals surface area contributed by atoms with Gasteiger partial charge in [0, 0.05) is 0 Å². The Balaban J connectivity index is 4.07. The van der Waals surface area contributed by atoms with Crippen molar-refractivity contribution in [2.45, 2.75) is 52.7 Å². The number of hydrogen-bond acceptors (Lipinski definition) is 3. The summed E-state index contributed by atoms with van der Waals surface area (Å²) >= 11 is 0. The van der Waals surface area contributed by atoms with E-state index < -0.39 is 5.54 Å². The predicted molar refractivity (Wildman–Crippen MR) is 53.3 cm³/mol. The van der Waals surface area contributed by atoms with Crippen molar-refractivity contribution in [3.63, 3.8) is 0 Å². The van der Waals surface area contributed by atoms with Crippen LogP contribution in [-0.2, 0) is 9.53 Å². The molecule has 0 bridgehead atoms. The molecule has 0 saturated heterocycles. The van der Waals surface area contributed by atoms with Gasteiger partial charge in [0.2, 0.25) is 0 Å². The third kappa shape index (κ3) is 4.27. The number of nitrogens with two attached hydrogens (primary N) is 1. The number of carbonyl (C=O) groups is 1. The summed E-state index contributed by atoms with van der Waals surface area (Å²) in [6, 6.07) is 0. The van der Waals surface area contributed by atoms with Gasteiger partial charge in [-0.25, -0.2) is 0 Å². The summed E-state index contributed by atoms with van der Waals surface area (Å²) < 4.78 is 5.20. The average molecular weight is 187 g/mol. The van der Waals surface area contributed by atoms with Crippen LogP contribution >= 0.6 is 0 Å². The SMILES string of the molecule is CCC(C)C(C)OC(=O)C(C)(C)N. The summed E-state index contributed by atoms with van der Waals surface area (Å²) in [5, 5.41) is 0. The molecule has 0 fully saturated rings. The van der Waals surface area contributed by atoms with E-state index in [0.717, 1.165) is 6.42 Å². The summed E-state index contributed by atoms with van der Waals surface area (Å²) in [6.45, 7) is 9.33. The first kappa shape index (κ1) is 12.4. The van der Waals surface area contributed by atoms with Crippen LogP contribution in [0.1, 0.15) is 41.0 Å². The fraction of sp³-hybridized carbons (Fsp3) is 0.900. The van der Waals surface area contributed by atoms with E-state index in [-0.39, 0.29) is 12.1 Å². The summed E-state index contributed by atoms with van der Waals surface area (Å²) in [7, 11) is 0. The lowest BCUT2D eigenvalue weighted by atomic mass is 10.0. The van der Waals surface area contributed by atoms with E-state index in [1.54, 1.807) is 13.8 Å². The normalized spacial score (nSPS) is 16.5. The fourth-order valence-corrected chi connectivity index (χ4v) is 0.769. The van der Waals surface area contributed by atoms with Gasteiger partial charge in [-0.2, -0.15) is 0 Å². The van der Waals surface area contributed by atoms with Crippen LogP contribution in [0.4, 0.5) is 0 Å². The number of esters is 1. The molecule has 0 aromatic rings. The van der Waals surface area contributed by atoms with E-state index in [1.165, 1.54) is 0 Å². The second-order valence-electron chi connectivity index (χ2n) is 4.22. The molecule has 0 radical (unpaired) electrons. The third-order valence-electron chi connectivity index (χ3n) is 2.26. The molecule has 13 heavy (non-hydrogen) atoms. The zero-order valence-electron chi connectivity index (χ0n) is 9.26. The molecule has 3 heteroatoms. The van der Waals surface area contributed by atoms with Gasteiger partial charge in [0.25, 0.3) is 0 Å². The molecular weight excluding hydrogens is 166 g/mol. The molecule has 0 aromatic carbocycles. The molecule has 2 atom stereocenters. The average Bonchev–Trinajstić information content (AvgIpc) is 2.01. The van der Waals surface area contributed by atoms with E-state index in [2.05, 4.69) is 13.8 Å². The van der Waals surface area contributed by atoms with Gasteiger partial charge in [-0.15, -0.1) is 0 Å². The van der Waals surface area contributed by atoms with Gasteiger partial charge in [0.1, 0.15) is 11.6 Å². The number of ether oxygens (including phenoxy) is 1. The maximum absolute atomic E-state index is 11.3. The van der Waals surface area contributed by atoms with E-state index in [4.69, 9.17) is 10.5 Å². The van der Waals surface area contributed by atoms with Gasteiger partial charge < -0.3 is 10.5 Å². The minimum Gasteiger partial charge on any atom is -0.461 e. The van der Waals surface area contributed by atoms with Gasteiger partial charge in [-0.3, -0.25) is 4.79 Å². The lowest BCUT2D eigenvalue weighted by molar-refractivity contribution is -0.155. The van der Waals surface area contributed by atoms with Gasteiger partial charge in [0.05, 0.1) is 0 Å². The maximum atomic E-state index is 11.3. The van der Waals surface area contributed by atoms with E-state index >= 15 is 0 Å². The monoisotopic (exact) mass is 187 g/mol. The smallest absolute Gasteiger partial charge is 0.325 e. The van der Waals surface area contributed by atoms with Crippen LogP contribution in [0.3, 0.4) is 0 Å². The zero-order valence-corrected chi connectivity index (χ0v) is 9.26. The van der Waals surface area contributed by atoms with Crippen molar-refractivity contribution >= 4 is 5.97 Å². The Morgan fingerprint density at radius 1 is 1.46 bits per heavy atom. The first-order valence-corrected chi connectivity index (χ1v) is 4.79. The molecule has 2 N–H and O–H groups in total. The summed E-state index contributed by atoms with van der Waals surface area (Å²) in [5.41, 5.74) is 4.71. The zero-order chi connectivity index (χ0) is 10.6. The van der Waals surface area contributed by atoms with Crippen LogP contribution < -0.4 is 5.73 Å². The lowest BCUT2D eigenvalue weighted by Crippen LogP contribution is -2.44. The van der Waals surface area contributed by atoms with Crippen molar-refractivity contribution in [2.75, 3.05) is 0 Å². The molecule has 0 rings (SSSR count). The molecule has 0 amide bonds. The molecule has 3 nitrogen and oxygen atoms in total. The largest absolute Gasteiger partial charge is 0.461 e. The topological polar surface area (TPSA) is 52.3 Å². The summed E-state index contributed by atoms with van der Waals surface area (Å²) in [6.07, 6.45) is 0.944. The second-order valence-corrected chi connectivity index (χ2v) is 4.22. The van der Waals surface area contributed by atoms with Crippen molar-refractivity contribution in [3.05, 3.63) is 0 Å². The minimum atomic E-state index is -0.887. The van der Waals surface area contributed by atoms with Crippen LogP contribution in [0.25, 0.3) is 0 Å². The Labute approximate surface area is 80.6 Å². The van der Waals surface area contributed by atoms with Gasteiger partial charge in [-0.05, 0) is 26.7 Å². The molecule has 0 aliphatic rings. The van der Waals surface area contributed by atoms with Crippen LogP contribution in [0.2, 0.25) is 0 Å². The second kappa shape index (κ2) is 4.61. The molecule has 0 aliphatic carbocycles. The number of carbonyl (C=O) groups excluding carboxylic acids is 1. The number of rotatable bonds is 4. The Morgan fingerprint density at radius 2 is 1.92 bits per heavy atom. The van der Waals surface area contributed by atoms with Gasteiger partial charge >= 0.3 is 5.97 Å². The Bertz CT molecular complexity index is 172. The van der Waals surface area contributed by atoms with E-state index in [0.29, 0.717) is 5.92 Å². The summed E-state index contributed by atoms with van der Waals surface area (Å²) in [4.78, 5) is 11.3. The van der Waals surface area contributed by atoms with Crippen molar-refractivity contribution < 1.29 is 9.53 Å². The first-order chi connectivity index (χ1) is 5.79. The van der Waals surface area contributed by atoms with Gasteiger partial charge in [-0.1, -0.05) is 20.3 Å².